The molecule has 0 unspecified atom stereocenters. The van der Waals surface area contributed by atoms with Crippen molar-refractivity contribution in [2.24, 2.45) is 0 Å². The van der Waals surface area contributed by atoms with Crippen molar-refractivity contribution in [1.82, 2.24) is 19.7 Å². The molecule has 0 fully saturated rings. The number of rotatable bonds is 5. The molecule has 9 heteroatoms. The van der Waals surface area contributed by atoms with Gasteiger partial charge in [0, 0.05) is 0 Å². The monoisotopic (exact) mass is 308 g/mol. The van der Waals surface area contributed by atoms with Gasteiger partial charge in [-0.2, -0.15) is 4.98 Å². The number of carboxylic acid groups (broad SMARTS) is 1. The summed E-state index contributed by atoms with van der Waals surface area (Å²) in [7, 11) is 0. The molecule has 21 heavy (non-hydrogen) atoms. The van der Waals surface area contributed by atoms with Crippen LogP contribution in [-0.2, 0) is 11.3 Å². The van der Waals surface area contributed by atoms with Gasteiger partial charge >= 0.3 is 5.97 Å². The smallest absolute Gasteiger partial charge is 0.313 e. The van der Waals surface area contributed by atoms with Crippen LogP contribution in [0.4, 0.5) is 4.39 Å². The first kappa shape index (κ1) is 13.6. The number of thioether (sulfide) groups is 1. The Kier molecular flexibility index (Phi) is 3.57. The fourth-order valence-electron chi connectivity index (χ4n) is 1.87. The van der Waals surface area contributed by atoms with E-state index in [0.717, 1.165) is 11.8 Å². The van der Waals surface area contributed by atoms with E-state index >= 15 is 0 Å². The number of carbonyl (C=O) groups is 1. The highest BCUT2D eigenvalue weighted by atomic mass is 32.2. The zero-order chi connectivity index (χ0) is 14.8. The van der Waals surface area contributed by atoms with Gasteiger partial charge in [-0.15, -0.1) is 0 Å². The van der Waals surface area contributed by atoms with Crippen molar-refractivity contribution in [3.05, 3.63) is 36.2 Å². The normalized spacial score (nSPS) is 11.1. The number of aromatic nitrogens is 4. The van der Waals surface area contributed by atoms with E-state index in [4.69, 9.17) is 5.11 Å². The average molecular weight is 308 g/mol. The first-order chi connectivity index (χ1) is 10.1. The SMILES string of the molecule is O=C(O)CSc1nc2ccc(F)cc2n1Cc1ncon1. The van der Waals surface area contributed by atoms with Crippen LogP contribution in [0.1, 0.15) is 5.82 Å². The van der Waals surface area contributed by atoms with Crippen molar-refractivity contribution in [1.29, 1.82) is 0 Å². The van der Waals surface area contributed by atoms with Crippen molar-refractivity contribution in [3.8, 4) is 0 Å². The summed E-state index contributed by atoms with van der Waals surface area (Å²) in [4.78, 5) is 18.9. The summed E-state index contributed by atoms with van der Waals surface area (Å²) in [5, 5.41) is 12.9. The predicted molar refractivity (Wildman–Crippen MR) is 71.5 cm³/mol. The molecule has 108 valence electrons. The Balaban J connectivity index is 2.04. The van der Waals surface area contributed by atoms with Crippen LogP contribution in [0.25, 0.3) is 11.0 Å². The zero-order valence-electron chi connectivity index (χ0n) is 10.6. The Morgan fingerprint density at radius 3 is 3.05 bits per heavy atom. The number of aliphatic carboxylic acids is 1. The first-order valence-corrected chi connectivity index (χ1v) is 6.87. The van der Waals surface area contributed by atoms with E-state index in [1.807, 2.05) is 0 Å². The highest BCUT2D eigenvalue weighted by Gasteiger charge is 2.15. The lowest BCUT2D eigenvalue weighted by Crippen LogP contribution is -2.05. The van der Waals surface area contributed by atoms with Crippen LogP contribution in [-0.4, -0.2) is 36.5 Å². The molecule has 3 aromatic rings. The maximum absolute atomic E-state index is 13.4. The predicted octanol–water partition coefficient (Wildman–Crippen LogP) is 1.78. The van der Waals surface area contributed by atoms with Gasteiger partial charge in [-0.25, -0.2) is 9.37 Å². The van der Waals surface area contributed by atoms with Crippen LogP contribution in [0.15, 0.2) is 34.3 Å². The summed E-state index contributed by atoms with van der Waals surface area (Å²) in [6, 6.07) is 4.19. The van der Waals surface area contributed by atoms with Crippen molar-refractivity contribution < 1.29 is 18.8 Å². The lowest BCUT2D eigenvalue weighted by atomic mass is 10.3. The van der Waals surface area contributed by atoms with Gasteiger partial charge in [0.1, 0.15) is 5.82 Å². The maximum Gasteiger partial charge on any atom is 0.313 e. The Morgan fingerprint density at radius 2 is 2.33 bits per heavy atom. The number of hydrogen-bond acceptors (Lipinski definition) is 6. The van der Waals surface area contributed by atoms with Crippen molar-refractivity contribution >= 4 is 28.8 Å². The summed E-state index contributed by atoms with van der Waals surface area (Å²) in [6.45, 7) is 0.221. The van der Waals surface area contributed by atoms with Crippen LogP contribution >= 0.6 is 11.8 Å². The molecule has 0 aliphatic rings. The molecule has 1 N–H and O–H groups in total. The van der Waals surface area contributed by atoms with Gasteiger partial charge in [-0.1, -0.05) is 16.9 Å². The van der Waals surface area contributed by atoms with E-state index in [9.17, 15) is 9.18 Å². The second kappa shape index (κ2) is 5.52. The minimum absolute atomic E-state index is 0.141. The number of carboxylic acids is 1. The van der Waals surface area contributed by atoms with Crippen LogP contribution in [0.2, 0.25) is 0 Å². The Labute approximate surface area is 121 Å². The fourth-order valence-corrected chi connectivity index (χ4v) is 2.60. The van der Waals surface area contributed by atoms with Crippen LogP contribution in [0.3, 0.4) is 0 Å². The Hall–Kier alpha value is -2.42. The number of imidazole rings is 1. The van der Waals surface area contributed by atoms with Crippen LogP contribution < -0.4 is 0 Å². The molecular formula is C12H9FN4O3S. The highest BCUT2D eigenvalue weighted by molar-refractivity contribution is 7.99. The number of benzene rings is 1. The molecule has 0 aliphatic carbocycles. The highest BCUT2D eigenvalue weighted by Crippen LogP contribution is 2.25. The summed E-state index contributed by atoms with van der Waals surface area (Å²) in [5.41, 5.74) is 1.13. The van der Waals surface area contributed by atoms with Gasteiger partial charge in [0.05, 0.1) is 23.3 Å². The minimum Gasteiger partial charge on any atom is -0.481 e. The second-order valence-electron chi connectivity index (χ2n) is 4.14. The number of fused-ring (bicyclic) bond motifs is 1. The van der Waals surface area contributed by atoms with E-state index in [1.54, 1.807) is 10.6 Å². The molecule has 0 spiro atoms. The number of hydrogen-bond donors (Lipinski definition) is 1. The molecule has 2 aromatic heterocycles. The standard InChI is InChI=1S/C12H9FN4O3S/c13-7-1-2-8-9(3-7)17(4-10-14-6-20-16-10)12(15-8)21-5-11(18)19/h1-3,6H,4-5H2,(H,18,19). The van der Waals surface area contributed by atoms with Gasteiger partial charge in [0.2, 0.25) is 6.39 Å². The summed E-state index contributed by atoms with van der Waals surface area (Å²) in [5.74, 6) is -1.09. The van der Waals surface area contributed by atoms with Crippen molar-refractivity contribution in [2.75, 3.05) is 5.75 Å². The molecule has 7 nitrogen and oxygen atoms in total. The lowest BCUT2D eigenvalue weighted by Gasteiger charge is -2.05. The van der Waals surface area contributed by atoms with Gasteiger partial charge < -0.3 is 14.2 Å². The Bertz CT molecular complexity index is 787. The molecule has 2 heterocycles. The number of halogens is 1. The Morgan fingerprint density at radius 1 is 1.48 bits per heavy atom. The molecule has 0 saturated heterocycles. The summed E-state index contributed by atoms with van der Waals surface area (Å²) >= 11 is 1.05. The van der Waals surface area contributed by atoms with Gasteiger partial charge in [0.15, 0.2) is 11.0 Å². The molecule has 0 aliphatic heterocycles. The minimum atomic E-state index is -0.954. The molecule has 3 rings (SSSR count). The van der Waals surface area contributed by atoms with E-state index in [2.05, 4.69) is 19.6 Å². The molecule has 0 radical (unpaired) electrons. The third-order valence-corrected chi connectivity index (χ3v) is 3.67. The third kappa shape index (κ3) is 2.87. The van der Waals surface area contributed by atoms with Gasteiger partial charge in [-0.3, -0.25) is 4.79 Å². The third-order valence-electron chi connectivity index (χ3n) is 2.71. The maximum atomic E-state index is 13.4. The van der Waals surface area contributed by atoms with E-state index in [-0.39, 0.29) is 12.3 Å². The van der Waals surface area contributed by atoms with Crippen molar-refractivity contribution in [2.45, 2.75) is 11.7 Å². The van der Waals surface area contributed by atoms with E-state index < -0.39 is 11.8 Å². The average Bonchev–Trinajstić information content (AvgIpc) is 3.06. The summed E-state index contributed by atoms with van der Waals surface area (Å²) in [6.07, 6.45) is 1.19. The molecule has 0 saturated carbocycles. The fraction of sp³-hybridized carbons (Fsp3) is 0.167. The molecule has 0 amide bonds. The van der Waals surface area contributed by atoms with Crippen LogP contribution in [0, 0.1) is 5.82 Å². The number of nitrogens with zero attached hydrogens (tertiary/aromatic N) is 4. The molecular weight excluding hydrogens is 299 g/mol. The molecule has 1 aromatic carbocycles. The second-order valence-corrected chi connectivity index (χ2v) is 5.09. The lowest BCUT2D eigenvalue weighted by molar-refractivity contribution is -0.133. The molecule has 0 bridgehead atoms. The largest absolute Gasteiger partial charge is 0.481 e. The van der Waals surface area contributed by atoms with E-state index in [1.165, 1.54) is 18.5 Å². The van der Waals surface area contributed by atoms with Gasteiger partial charge in [-0.05, 0) is 18.2 Å². The van der Waals surface area contributed by atoms with Crippen molar-refractivity contribution in [3.63, 3.8) is 0 Å². The zero-order valence-corrected chi connectivity index (χ0v) is 11.4. The topological polar surface area (TPSA) is 94.0 Å². The van der Waals surface area contributed by atoms with Gasteiger partial charge in [0.25, 0.3) is 0 Å². The summed E-state index contributed by atoms with van der Waals surface area (Å²) < 4.78 is 19.8. The van der Waals surface area contributed by atoms with Crippen LogP contribution in [0.5, 0.6) is 0 Å². The quantitative estimate of drug-likeness (QED) is 0.718. The first-order valence-electron chi connectivity index (χ1n) is 5.89. The van der Waals surface area contributed by atoms with E-state index in [0.29, 0.717) is 22.0 Å². The molecule has 0 atom stereocenters.